The summed E-state index contributed by atoms with van der Waals surface area (Å²) >= 11 is 6.00. The van der Waals surface area contributed by atoms with E-state index < -0.39 is 5.54 Å². The molecule has 1 aliphatic rings. The van der Waals surface area contributed by atoms with Gasteiger partial charge in [0.25, 0.3) is 0 Å². The number of benzene rings is 1. The molecule has 174 valence electrons. The molecule has 1 aliphatic heterocycles. The Labute approximate surface area is 197 Å². The van der Waals surface area contributed by atoms with E-state index >= 15 is 0 Å². The average molecular weight is 458 g/mol. The molecule has 1 atom stereocenters. The van der Waals surface area contributed by atoms with Crippen LogP contribution in [0.15, 0.2) is 42.6 Å². The molecule has 1 fully saturated rings. The second kappa shape index (κ2) is 11.5. The van der Waals surface area contributed by atoms with Gasteiger partial charge in [-0.1, -0.05) is 51.4 Å². The van der Waals surface area contributed by atoms with Gasteiger partial charge in [-0.05, 0) is 56.0 Å². The highest BCUT2D eigenvalue weighted by atomic mass is 35.5. The lowest BCUT2D eigenvalue weighted by Crippen LogP contribution is -2.57. The summed E-state index contributed by atoms with van der Waals surface area (Å²) in [5, 5.41) is 0.651. The van der Waals surface area contributed by atoms with Crippen molar-refractivity contribution in [2.75, 3.05) is 18.0 Å². The first-order chi connectivity index (χ1) is 15.1. The van der Waals surface area contributed by atoms with Gasteiger partial charge < -0.3 is 9.80 Å². The predicted molar refractivity (Wildman–Crippen MR) is 132 cm³/mol. The molecule has 0 saturated carbocycles. The van der Waals surface area contributed by atoms with Crippen LogP contribution in [0.25, 0.3) is 0 Å². The predicted octanol–water partition coefficient (Wildman–Crippen LogP) is 5.68. The summed E-state index contributed by atoms with van der Waals surface area (Å²) in [5.41, 5.74) is 2.10. The maximum atomic E-state index is 12.9. The van der Waals surface area contributed by atoms with Gasteiger partial charge in [-0.15, -0.1) is 0 Å². The van der Waals surface area contributed by atoms with Gasteiger partial charge >= 0.3 is 0 Å². The van der Waals surface area contributed by atoms with Crippen LogP contribution in [0.4, 0.5) is 5.69 Å². The fourth-order valence-corrected chi connectivity index (χ4v) is 4.01. The third-order valence-corrected chi connectivity index (χ3v) is 5.77. The molecule has 0 spiro atoms. The molecule has 2 heterocycles. The third kappa shape index (κ3) is 6.55. The Bertz CT molecular complexity index is 911. The van der Waals surface area contributed by atoms with Crippen molar-refractivity contribution in [1.29, 1.82) is 0 Å². The second-order valence-corrected chi connectivity index (χ2v) is 9.54. The summed E-state index contributed by atoms with van der Waals surface area (Å²) in [7, 11) is 0. The standard InChI is InChI=1S/C22H26ClN3O2.C4H10/c1-4-21(28)26(14-18-5-7-19(23)8-6-18)22(17(3)27)10-12-25(15-22)20-9-11-24-16(2)13-20;1-4(2)3/h5-9,11,13H,4,10,12,14-15H2,1-3H3;4H,1-3H3/t22-;/m0./s1. The minimum Gasteiger partial charge on any atom is -0.369 e. The van der Waals surface area contributed by atoms with E-state index in [1.54, 1.807) is 18.0 Å². The van der Waals surface area contributed by atoms with Crippen molar-refractivity contribution in [2.24, 2.45) is 5.92 Å². The molecule has 2 aromatic rings. The van der Waals surface area contributed by atoms with Crippen LogP contribution in [-0.2, 0) is 16.1 Å². The number of amides is 1. The Morgan fingerprint density at radius 1 is 1.19 bits per heavy atom. The molecular formula is C26H36ClN3O2. The van der Waals surface area contributed by atoms with Crippen LogP contribution in [0.2, 0.25) is 5.02 Å². The van der Waals surface area contributed by atoms with Crippen molar-refractivity contribution >= 4 is 29.0 Å². The molecule has 0 bridgehead atoms. The lowest BCUT2D eigenvalue weighted by molar-refractivity contribution is -0.145. The highest BCUT2D eigenvalue weighted by Gasteiger charge is 2.48. The van der Waals surface area contributed by atoms with Crippen molar-refractivity contribution in [2.45, 2.75) is 66.5 Å². The molecular weight excluding hydrogens is 422 g/mol. The van der Waals surface area contributed by atoms with E-state index in [0.717, 1.165) is 29.4 Å². The fraction of sp³-hybridized carbons (Fsp3) is 0.500. The monoisotopic (exact) mass is 457 g/mol. The lowest BCUT2D eigenvalue weighted by Gasteiger charge is -2.39. The van der Waals surface area contributed by atoms with Crippen LogP contribution in [0, 0.1) is 12.8 Å². The van der Waals surface area contributed by atoms with Crippen LogP contribution >= 0.6 is 11.6 Å². The Morgan fingerprint density at radius 2 is 1.81 bits per heavy atom. The van der Waals surface area contributed by atoms with Crippen molar-refractivity contribution in [3.63, 3.8) is 0 Å². The number of hydrogen-bond acceptors (Lipinski definition) is 4. The fourth-order valence-electron chi connectivity index (χ4n) is 3.88. The summed E-state index contributed by atoms with van der Waals surface area (Å²) in [6.07, 6.45) is 2.75. The van der Waals surface area contributed by atoms with Gasteiger partial charge in [0.1, 0.15) is 5.54 Å². The normalized spacial score (nSPS) is 17.7. The van der Waals surface area contributed by atoms with Crippen LogP contribution in [0.3, 0.4) is 0 Å². The van der Waals surface area contributed by atoms with E-state index in [-0.39, 0.29) is 11.7 Å². The number of anilines is 1. The number of nitrogens with zero attached hydrogens (tertiary/aromatic N) is 3. The molecule has 6 heteroatoms. The molecule has 0 unspecified atom stereocenters. The van der Waals surface area contributed by atoms with Crippen molar-refractivity contribution in [3.05, 3.63) is 58.9 Å². The molecule has 1 aromatic heterocycles. The van der Waals surface area contributed by atoms with E-state index in [9.17, 15) is 9.59 Å². The Hall–Kier alpha value is -2.40. The van der Waals surface area contributed by atoms with Crippen molar-refractivity contribution in [1.82, 2.24) is 9.88 Å². The molecule has 0 aliphatic carbocycles. The molecule has 32 heavy (non-hydrogen) atoms. The van der Waals surface area contributed by atoms with E-state index in [1.165, 1.54) is 0 Å². The minimum atomic E-state index is -0.829. The summed E-state index contributed by atoms with van der Waals surface area (Å²) in [5.74, 6) is 0.842. The summed E-state index contributed by atoms with van der Waals surface area (Å²) in [6.45, 7) is 13.5. The first-order valence-electron chi connectivity index (χ1n) is 11.3. The smallest absolute Gasteiger partial charge is 0.223 e. The highest BCUT2D eigenvalue weighted by Crippen LogP contribution is 2.34. The first-order valence-corrected chi connectivity index (χ1v) is 11.7. The van der Waals surface area contributed by atoms with Crippen LogP contribution in [-0.4, -0.2) is 40.2 Å². The zero-order valence-electron chi connectivity index (χ0n) is 20.2. The van der Waals surface area contributed by atoms with Gasteiger partial charge in [0.2, 0.25) is 5.91 Å². The van der Waals surface area contributed by atoms with Gasteiger partial charge in [0.05, 0.1) is 0 Å². The summed E-state index contributed by atoms with van der Waals surface area (Å²) in [4.78, 5) is 34.0. The number of aryl methyl sites for hydroxylation is 1. The molecule has 1 amide bonds. The van der Waals surface area contributed by atoms with E-state index in [1.807, 2.05) is 50.2 Å². The van der Waals surface area contributed by atoms with Gasteiger partial charge in [-0.25, -0.2) is 0 Å². The number of carbonyl (C=O) groups excluding carboxylic acids is 2. The maximum Gasteiger partial charge on any atom is 0.223 e. The third-order valence-electron chi connectivity index (χ3n) is 5.52. The number of aromatic nitrogens is 1. The van der Waals surface area contributed by atoms with Crippen LogP contribution in [0.5, 0.6) is 0 Å². The molecule has 5 nitrogen and oxygen atoms in total. The van der Waals surface area contributed by atoms with Crippen LogP contribution < -0.4 is 4.90 Å². The quantitative estimate of drug-likeness (QED) is 0.559. The van der Waals surface area contributed by atoms with Crippen molar-refractivity contribution in [3.8, 4) is 0 Å². The van der Waals surface area contributed by atoms with E-state index in [2.05, 4.69) is 30.7 Å². The maximum absolute atomic E-state index is 12.9. The number of rotatable bonds is 6. The van der Waals surface area contributed by atoms with E-state index in [0.29, 0.717) is 31.0 Å². The molecule has 1 aromatic carbocycles. The van der Waals surface area contributed by atoms with Gasteiger partial charge in [0.15, 0.2) is 5.78 Å². The minimum absolute atomic E-state index is 0.0158. The topological polar surface area (TPSA) is 53.5 Å². The Morgan fingerprint density at radius 3 is 2.34 bits per heavy atom. The molecule has 0 N–H and O–H groups in total. The van der Waals surface area contributed by atoms with Gasteiger partial charge in [0, 0.05) is 48.7 Å². The highest BCUT2D eigenvalue weighted by molar-refractivity contribution is 6.30. The zero-order chi connectivity index (χ0) is 23.9. The van der Waals surface area contributed by atoms with Crippen LogP contribution in [0.1, 0.15) is 58.7 Å². The number of halogens is 1. The summed E-state index contributed by atoms with van der Waals surface area (Å²) in [6, 6.07) is 11.4. The lowest BCUT2D eigenvalue weighted by atomic mass is 9.90. The first kappa shape index (κ1) is 25.9. The SMILES string of the molecule is CC(C)C.CCC(=O)N(Cc1ccc(Cl)cc1)[C@@]1(C(C)=O)CCN(c2ccnc(C)c2)C1. The second-order valence-electron chi connectivity index (χ2n) is 9.11. The number of hydrogen-bond donors (Lipinski definition) is 0. The molecule has 1 saturated heterocycles. The Kier molecular flexibility index (Phi) is 9.26. The van der Waals surface area contributed by atoms with Gasteiger partial charge in [-0.2, -0.15) is 0 Å². The number of carbonyl (C=O) groups is 2. The largest absolute Gasteiger partial charge is 0.369 e. The zero-order valence-corrected chi connectivity index (χ0v) is 20.9. The summed E-state index contributed by atoms with van der Waals surface area (Å²) < 4.78 is 0. The van der Waals surface area contributed by atoms with Gasteiger partial charge in [-0.3, -0.25) is 14.6 Å². The van der Waals surface area contributed by atoms with E-state index in [4.69, 9.17) is 11.6 Å². The average Bonchev–Trinajstić information content (AvgIpc) is 3.19. The number of ketones is 1. The molecule has 3 rings (SSSR count). The Balaban J connectivity index is 0.000000837. The number of Topliss-reactive ketones (excluding diaryl/α,β-unsaturated/α-hetero) is 1. The number of pyridine rings is 1. The van der Waals surface area contributed by atoms with Crippen molar-refractivity contribution < 1.29 is 9.59 Å². The molecule has 0 radical (unpaired) electrons.